The molecule has 0 bridgehead atoms. The molecular weight excluding hydrogens is 395 g/mol. The van der Waals surface area contributed by atoms with E-state index < -0.39 is 16.1 Å². The SMILES string of the molecule is CCS(=O)(=O)N1CCC[C@H]1c1nc(C)c2c(n1)N(Cc1ccc(F)cc1)C(=O)C2. The Morgan fingerprint density at radius 3 is 2.62 bits per heavy atom. The fraction of sp³-hybridized carbons (Fsp3) is 0.450. The fourth-order valence-electron chi connectivity index (χ4n) is 3.98. The van der Waals surface area contributed by atoms with E-state index in [1.54, 1.807) is 24.0 Å². The molecule has 2 aliphatic rings. The molecule has 1 atom stereocenters. The van der Waals surface area contributed by atoms with Gasteiger partial charge < -0.3 is 0 Å². The zero-order valence-corrected chi connectivity index (χ0v) is 17.2. The largest absolute Gasteiger partial charge is 0.292 e. The summed E-state index contributed by atoms with van der Waals surface area (Å²) in [6.07, 6.45) is 1.62. The molecule has 29 heavy (non-hydrogen) atoms. The molecule has 1 amide bonds. The van der Waals surface area contributed by atoms with Gasteiger partial charge in [-0.1, -0.05) is 12.1 Å². The zero-order valence-electron chi connectivity index (χ0n) is 16.4. The second kappa shape index (κ2) is 7.46. The third-order valence-corrected chi connectivity index (χ3v) is 7.45. The Morgan fingerprint density at radius 2 is 1.93 bits per heavy atom. The van der Waals surface area contributed by atoms with E-state index in [1.165, 1.54) is 16.4 Å². The molecule has 1 aromatic heterocycles. The quantitative estimate of drug-likeness (QED) is 0.745. The first-order valence-corrected chi connectivity index (χ1v) is 11.3. The first-order valence-electron chi connectivity index (χ1n) is 9.72. The Labute approximate surface area is 169 Å². The van der Waals surface area contributed by atoms with Crippen molar-refractivity contribution < 1.29 is 17.6 Å². The highest BCUT2D eigenvalue weighted by atomic mass is 32.2. The number of aromatic nitrogens is 2. The van der Waals surface area contributed by atoms with Crippen molar-refractivity contribution in [1.82, 2.24) is 14.3 Å². The Balaban J connectivity index is 1.70. The lowest BCUT2D eigenvalue weighted by Gasteiger charge is -2.24. The van der Waals surface area contributed by atoms with Crippen LogP contribution in [0.5, 0.6) is 0 Å². The van der Waals surface area contributed by atoms with Gasteiger partial charge in [0.05, 0.1) is 24.8 Å². The Hall–Kier alpha value is -2.39. The third kappa shape index (κ3) is 3.64. The molecule has 0 unspecified atom stereocenters. The summed E-state index contributed by atoms with van der Waals surface area (Å²) in [7, 11) is -3.36. The highest BCUT2D eigenvalue weighted by Crippen LogP contribution is 2.36. The van der Waals surface area contributed by atoms with Gasteiger partial charge in [0, 0.05) is 17.8 Å². The Kier molecular flexibility index (Phi) is 5.12. The van der Waals surface area contributed by atoms with Crippen LogP contribution < -0.4 is 4.90 Å². The molecule has 4 rings (SSSR count). The first kappa shape index (κ1) is 19.9. The van der Waals surface area contributed by atoms with E-state index in [4.69, 9.17) is 0 Å². The van der Waals surface area contributed by atoms with Gasteiger partial charge in [-0.2, -0.15) is 4.31 Å². The number of carbonyl (C=O) groups is 1. The molecule has 154 valence electrons. The molecule has 3 heterocycles. The second-order valence-corrected chi connectivity index (χ2v) is 9.63. The van der Waals surface area contributed by atoms with E-state index in [-0.39, 0.29) is 30.4 Å². The number of amides is 1. The lowest BCUT2D eigenvalue weighted by atomic mass is 10.1. The van der Waals surface area contributed by atoms with Gasteiger partial charge >= 0.3 is 0 Å². The van der Waals surface area contributed by atoms with Crippen molar-refractivity contribution >= 4 is 21.7 Å². The van der Waals surface area contributed by atoms with Crippen LogP contribution in [0.1, 0.15) is 48.5 Å². The van der Waals surface area contributed by atoms with Gasteiger partial charge in [-0.25, -0.2) is 22.8 Å². The maximum Gasteiger partial charge on any atom is 0.233 e. The summed E-state index contributed by atoms with van der Waals surface area (Å²) in [5.74, 6) is 0.573. The van der Waals surface area contributed by atoms with Gasteiger partial charge in [0.15, 0.2) is 0 Å². The molecule has 2 aromatic rings. The van der Waals surface area contributed by atoms with E-state index in [1.807, 2.05) is 6.92 Å². The van der Waals surface area contributed by atoms with Gasteiger partial charge in [-0.15, -0.1) is 0 Å². The van der Waals surface area contributed by atoms with Crippen LogP contribution in [0.15, 0.2) is 24.3 Å². The summed E-state index contributed by atoms with van der Waals surface area (Å²) < 4.78 is 39.6. The summed E-state index contributed by atoms with van der Waals surface area (Å²) in [6.45, 7) is 4.19. The van der Waals surface area contributed by atoms with Crippen LogP contribution in [0.2, 0.25) is 0 Å². The molecule has 1 aromatic carbocycles. The maximum atomic E-state index is 13.2. The minimum atomic E-state index is -3.36. The number of rotatable bonds is 5. The average molecular weight is 418 g/mol. The molecular formula is C20H23FN4O3S. The molecule has 0 saturated carbocycles. The minimum absolute atomic E-state index is 0.0304. The van der Waals surface area contributed by atoms with E-state index in [0.29, 0.717) is 30.3 Å². The van der Waals surface area contributed by atoms with Crippen LogP contribution in [-0.4, -0.2) is 40.9 Å². The maximum absolute atomic E-state index is 13.2. The van der Waals surface area contributed by atoms with Crippen molar-refractivity contribution in [3.63, 3.8) is 0 Å². The van der Waals surface area contributed by atoms with Gasteiger partial charge in [-0.3, -0.25) is 9.69 Å². The lowest BCUT2D eigenvalue weighted by Crippen LogP contribution is -2.33. The number of fused-ring (bicyclic) bond motifs is 1. The predicted molar refractivity (Wildman–Crippen MR) is 106 cm³/mol. The average Bonchev–Trinajstić information content (AvgIpc) is 3.30. The predicted octanol–water partition coefficient (Wildman–Crippen LogP) is 2.50. The summed E-state index contributed by atoms with van der Waals surface area (Å²) in [4.78, 5) is 23.4. The van der Waals surface area contributed by atoms with Crippen LogP contribution in [-0.2, 0) is 27.8 Å². The highest BCUT2D eigenvalue weighted by molar-refractivity contribution is 7.89. The molecule has 0 aliphatic carbocycles. The van der Waals surface area contributed by atoms with Crippen molar-refractivity contribution in [2.75, 3.05) is 17.2 Å². The van der Waals surface area contributed by atoms with E-state index in [0.717, 1.165) is 17.5 Å². The van der Waals surface area contributed by atoms with Gasteiger partial charge in [0.1, 0.15) is 17.5 Å². The van der Waals surface area contributed by atoms with E-state index in [9.17, 15) is 17.6 Å². The number of sulfonamides is 1. The standard InChI is InChI=1S/C20H23FN4O3S/c1-3-29(27,28)25-10-4-5-17(25)19-22-13(2)16-11-18(26)24(20(16)23-19)12-14-6-8-15(21)9-7-14/h6-9,17H,3-5,10-12H2,1-2H3/t17-/m0/s1. The monoisotopic (exact) mass is 418 g/mol. The van der Waals surface area contributed by atoms with Gasteiger partial charge in [-0.05, 0) is 44.4 Å². The van der Waals surface area contributed by atoms with Crippen LogP contribution in [0.4, 0.5) is 10.2 Å². The van der Waals surface area contributed by atoms with Crippen LogP contribution in [0.3, 0.4) is 0 Å². The summed E-state index contributed by atoms with van der Waals surface area (Å²) in [5, 5.41) is 0. The topological polar surface area (TPSA) is 83.5 Å². The van der Waals surface area contributed by atoms with E-state index in [2.05, 4.69) is 9.97 Å². The van der Waals surface area contributed by atoms with Crippen molar-refractivity contribution in [1.29, 1.82) is 0 Å². The van der Waals surface area contributed by atoms with Crippen LogP contribution in [0.25, 0.3) is 0 Å². The Bertz CT molecular complexity index is 1060. The number of aryl methyl sites for hydroxylation is 1. The minimum Gasteiger partial charge on any atom is -0.292 e. The Morgan fingerprint density at radius 1 is 1.21 bits per heavy atom. The number of halogens is 1. The van der Waals surface area contributed by atoms with Crippen molar-refractivity contribution in [2.45, 2.75) is 45.7 Å². The number of benzene rings is 1. The molecule has 0 spiro atoms. The third-order valence-electron chi connectivity index (χ3n) is 5.57. The zero-order chi connectivity index (χ0) is 20.8. The molecule has 9 heteroatoms. The van der Waals surface area contributed by atoms with Crippen LogP contribution in [0, 0.1) is 12.7 Å². The van der Waals surface area contributed by atoms with Crippen molar-refractivity contribution in [3.05, 3.63) is 52.7 Å². The number of anilines is 1. The summed E-state index contributed by atoms with van der Waals surface area (Å²) in [6, 6.07) is 5.59. The lowest BCUT2D eigenvalue weighted by molar-refractivity contribution is -0.117. The molecule has 0 radical (unpaired) electrons. The number of hydrogen-bond acceptors (Lipinski definition) is 5. The summed E-state index contributed by atoms with van der Waals surface area (Å²) >= 11 is 0. The van der Waals surface area contributed by atoms with Crippen molar-refractivity contribution in [2.24, 2.45) is 0 Å². The molecule has 2 aliphatic heterocycles. The fourth-order valence-corrected chi connectivity index (χ4v) is 5.30. The summed E-state index contributed by atoms with van der Waals surface area (Å²) in [5.41, 5.74) is 2.26. The van der Waals surface area contributed by atoms with E-state index >= 15 is 0 Å². The highest BCUT2D eigenvalue weighted by Gasteiger charge is 2.38. The first-order chi connectivity index (χ1) is 13.8. The number of hydrogen-bond donors (Lipinski definition) is 0. The normalized spacial score (nSPS) is 19.8. The molecule has 1 fully saturated rings. The van der Waals surface area contributed by atoms with Gasteiger partial charge in [0.25, 0.3) is 0 Å². The number of nitrogens with zero attached hydrogens (tertiary/aromatic N) is 4. The molecule has 1 saturated heterocycles. The molecule has 7 nitrogen and oxygen atoms in total. The molecule has 0 N–H and O–H groups in total. The second-order valence-electron chi connectivity index (χ2n) is 7.42. The van der Waals surface area contributed by atoms with Gasteiger partial charge in [0.2, 0.25) is 15.9 Å². The number of carbonyl (C=O) groups excluding carboxylic acids is 1. The van der Waals surface area contributed by atoms with Crippen LogP contribution >= 0.6 is 0 Å². The van der Waals surface area contributed by atoms with Crippen molar-refractivity contribution in [3.8, 4) is 0 Å². The smallest absolute Gasteiger partial charge is 0.233 e.